The van der Waals surface area contributed by atoms with E-state index in [1.165, 1.54) is 0 Å². The van der Waals surface area contributed by atoms with Crippen molar-refractivity contribution in [3.05, 3.63) is 57.6 Å². The van der Waals surface area contributed by atoms with Gasteiger partial charge in [0.05, 0.1) is 16.1 Å². The van der Waals surface area contributed by atoms with Crippen LogP contribution in [0, 0.1) is 0 Å². The Morgan fingerprint density at radius 1 is 1.08 bits per heavy atom. The van der Waals surface area contributed by atoms with Crippen molar-refractivity contribution in [3.8, 4) is 11.5 Å². The zero-order valence-electron chi connectivity index (χ0n) is 13.9. The Hall–Kier alpha value is -1.91. The molecule has 1 aliphatic heterocycles. The highest BCUT2D eigenvalue weighted by molar-refractivity contribution is 6.42. The number of halogens is 2. The normalized spacial score (nSPS) is 14.0. The molecule has 132 valence electrons. The topological polar surface area (TPSA) is 47.6 Å². The molecule has 1 amide bonds. The quantitative estimate of drug-likeness (QED) is 0.827. The third-order valence-corrected chi connectivity index (χ3v) is 4.81. The van der Waals surface area contributed by atoms with E-state index in [1.54, 1.807) is 12.1 Å². The summed E-state index contributed by atoms with van der Waals surface area (Å²) in [7, 11) is 0. The molecule has 1 N–H and O–H groups in total. The van der Waals surface area contributed by atoms with Gasteiger partial charge in [0, 0.05) is 6.42 Å². The number of hydrogen-bond donors (Lipinski definition) is 1. The first-order valence-electron chi connectivity index (χ1n) is 8.16. The Morgan fingerprint density at radius 2 is 1.84 bits per heavy atom. The maximum atomic E-state index is 12.2. The van der Waals surface area contributed by atoms with Gasteiger partial charge in [0.2, 0.25) is 5.91 Å². The summed E-state index contributed by atoms with van der Waals surface area (Å²) >= 11 is 11.9. The number of ether oxygens (including phenoxy) is 2. The lowest BCUT2D eigenvalue weighted by molar-refractivity contribution is -0.121. The van der Waals surface area contributed by atoms with Crippen LogP contribution in [0.25, 0.3) is 0 Å². The van der Waals surface area contributed by atoms with E-state index in [9.17, 15) is 4.79 Å². The Balaban J connectivity index is 1.56. The largest absolute Gasteiger partial charge is 0.486 e. The summed E-state index contributed by atoms with van der Waals surface area (Å²) in [5.74, 6) is 1.45. The molecule has 2 aromatic carbocycles. The average Bonchev–Trinajstić information content (AvgIpc) is 2.62. The molecule has 0 unspecified atom stereocenters. The Morgan fingerprint density at radius 3 is 2.60 bits per heavy atom. The number of amides is 1. The number of benzene rings is 2. The van der Waals surface area contributed by atoms with Crippen molar-refractivity contribution >= 4 is 29.1 Å². The van der Waals surface area contributed by atoms with E-state index in [2.05, 4.69) is 5.32 Å². The lowest BCUT2D eigenvalue weighted by atomic mass is 10.1. The zero-order valence-corrected chi connectivity index (χ0v) is 15.4. The number of rotatable bonds is 5. The lowest BCUT2D eigenvalue weighted by Gasteiger charge is -2.21. The van der Waals surface area contributed by atoms with Gasteiger partial charge in [0.1, 0.15) is 13.2 Å². The Labute approximate surface area is 157 Å². The fourth-order valence-corrected chi connectivity index (χ4v) is 3.00. The molecule has 2 aromatic rings. The van der Waals surface area contributed by atoms with Gasteiger partial charge in [-0.15, -0.1) is 0 Å². The highest BCUT2D eigenvalue weighted by Crippen LogP contribution is 2.32. The first-order valence-corrected chi connectivity index (χ1v) is 8.91. The maximum absolute atomic E-state index is 12.2. The van der Waals surface area contributed by atoms with E-state index >= 15 is 0 Å². The summed E-state index contributed by atoms with van der Waals surface area (Å²) in [6.45, 7) is 3.05. The molecule has 1 aliphatic rings. The third-order valence-electron chi connectivity index (χ3n) is 4.07. The predicted molar refractivity (Wildman–Crippen MR) is 98.8 cm³/mol. The monoisotopic (exact) mass is 379 g/mol. The number of carbonyl (C=O) groups excluding carboxylic acids is 1. The van der Waals surface area contributed by atoms with Crippen molar-refractivity contribution in [3.63, 3.8) is 0 Å². The van der Waals surface area contributed by atoms with Gasteiger partial charge in [-0.1, -0.05) is 35.3 Å². The molecular formula is C19H19Cl2NO3. The molecule has 0 bridgehead atoms. The molecule has 1 heterocycles. The molecule has 0 aromatic heterocycles. The van der Waals surface area contributed by atoms with Gasteiger partial charge < -0.3 is 14.8 Å². The fourth-order valence-electron chi connectivity index (χ4n) is 2.68. The van der Waals surface area contributed by atoms with Crippen LogP contribution in [0.4, 0.5) is 0 Å². The highest BCUT2D eigenvalue weighted by Gasteiger charge is 2.15. The molecule has 0 saturated heterocycles. The molecule has 0 radical (unpaired) electrons. The molecule has 25 heavy (non-hydrogen) atoms. The van der Waals surface area contributed by atoms with Crippen LogP contribution < -0.4 is 14.8 Å². The lowest BCUT2D eigenvalue weighted by Crippen LogP contribution is -2.27. The third kappa shape index (κ3) is 4.59. The summed E-state index contributed by atoms with van der Waals surface area (Å²) in [6.07, 6.45) is 0.990. The van der Waals surface area contributed by atoms with Crippen LogP contribution in [0.15, 0.2) is 36.4 Å². The maximum Gasteiger partial charge on any atom is 0.220 e. The van der Waals surface area contributed by atoms with Crippen LogP contribution in [-0.2, 0) is 11.2 Å². The number of hydrogen-bond acceptors (Lipinski definition) is 3. The van der Waals surface area contributed by atoms with Crippen molar-refractivity contribution in [2.75, 3.05) is 13.2 Å². The minimum Gasteiger partial charge on any atom is -0.486 e. The highest BCUT2D eigenvalue weighted by atomic mass is 35.5. The summed E-state index contributed by atoms with van der Waals surface area (Å²) in [4.78, 5) is 12.2. The molecule has 0 spiro atoms. The minimum atomic E-state index is -0.114. The SMILES string of the molecule is C[C@@H](NC(=O)CCc1ccc(Cl)c(Cl)c1)c1ccc2c(c1)OCCO2. The fraction of sp³-hybridized carbons (Fsp3) is 0.316. The summed E-state index contributed by atoms with van der Waals surface area (Å²) in [5, 5.41) is 4.02. The number of carbonyl (C=O) groups is 1. The second-order valence-corrected chi connectivity index (χ2v) is 6.76. The second kappa shape index (κ2) is 7.98. The van der Waals surface area contributed by atoms with E-state index in [1.807, 2.05) is 31.2 Å². The minimum absolute atomic E-state index is 0.0199. The van der Waals surface area contributed by atoms with Crippen molar-refractivity contribution in [1.29, 1.82) is 0 Å². The first kappa shape index (κ1) is 17.9. The molecule has 4 nitrogen and oxygen atoms in total. The van der Waals surface area contributed by atoms with Gasteiger partial charge in [-0.05, 0) is 48.7 Å². The van der Waals surface area contributed by atoms with Crippen LogP contribution >= 0.6 is 23.2 Å². The molecule has 1 atom stereocenters. The Bertz CT molecular complexity index is 779. The number of nitrogens with one attached hydrogen (secondary N) is 1. The van der Waals surface area contributed by atoms with E-state index in [0.717, 1.165) is 22.6 Å². The van der Waals surface area contributed by atoms with Gasteiger partial charge in [-0.3, -0.25) is 4.79 Å². The molecule has 0 aliphatic carbocycles. The van der Waals surface area contributed by atoms with Crippen molar-refractivity contribution in [2.24, 2.45) is 0 Å². The van der Waals surface area contributed by atoms with E-state index in [4.69, 9.17) is 32.7 Å². The number of aryl methyl sites for hydroxylation is 1. The van der Waals surface area contributed by atoms with Gasteiger partial charge in [0.15, 0.2) is 11.5 Å². The van der Waals surface area contributed by atoms with Crippen molar-refractivity contribution < 1.29 is 14.3 Å². The molecule has 0 saturated carbocycles. The van der Waals surface area contributed by atoms with Gasteiger partial charge >= 0.3 is 0 Å². The summed E-state index contributed by atoms with van der Waals surface area (Å²) < 4.78 is 11.1. The zero-order chi connectivity index (χ0) is 17.8. The first-order chi connectivity index (χ1) is 12.0. The molecule has 3 rings (SSSR count). The van der Waals surface area contributed by atoms with Crippen LogP contribution in [-0.4, -0.2) is 19.1 Å². The van der Waals surface area contributed by atoms with Crippen molar-refractivity contribution in [1.82, 2.24) is 5.32 Å². The van der Waals surface area contributed by atoms with Crippen LogP contribution in [0.1, 0.15) is 30.5 Å². The van der Waals surface area contributed by atoms with Crippen LogP contribution in [0.5, 0.6) is 11.5 Å². The standard InChI is InChI=1S/C19H19Cl2NO3/c1-12(14-4-6-17-18(11-14)25-9-8-24-17)22-19(23)7-3-13-2-5-15(20)16(21)10-13/h2,4-6,10-12H,3,7-9H2,1H3,(H,22,23)/t12-/m1/s1. The van der Waals surface area contributed by atoms with Gasteiger partial charge in [-0.2, -0.15) is 0 Å². The van der Waals surface area contributed by atoms with E-state index in [0.29, 0.717) is 36.1 Å². The second-order valence-electron chi connectivity index (χ2n) is 5.94. The van der Waals surface area contributed by atoms with E-state index < -0.39 is 0 Å². The van der Waals surface area contributed by atoms with Crippen LogP contribution in [0.3, 0.4) is 0 Å². The number of fused-ring (bicyclic) bond motifs is 1. The van der Waals surface area contributed by atoms with Gasteiger partial charge in [0.25, 0.3) is 0 Å². The molecular weight excluding hydrogens is 361 g/mol. The molecule has 0 fully saturated rings. The van der Waals surface area contributed by atoms with Crippen molar-refractivity contribution in [2.45, 2.75) is 25.8 Å². The summed E-state index contributed by atoms with van der Waals surface area (Å²) in [5.41, 5.74) is 1.96. The predicted octanol–water partition coefficient (Wildman–Crippen LogP) is 4.57. The molecule has 6 heteroatoms. The van der Waals surface area contributed by atoms with Crippen LogP contribution in [0.2, 0.25) is 10.0 Å². The Kier molecular flexibility index (Phi) is 5.71. The average molecular weight is 380 g/mol. The smallest absolute Gasteiger partial charge is 0.220 e. The van der Waals surface area contributed by atoms with E-state index in [-0.39, 0.29) is 11.9 Å². The summed E-state index contributed by atoms with van der Waals surface area (Å²) in [6, 6.07) is 11.0. The van der Waals surface area contributed by atoms with Gasteiger partial charge in [-0.25, -0.2) is 0 Å².